The van der Waals surface area contributed by atoms with E-state index in [4.69, 9.17) is 0 Å². The molecule has 0 aliphatic carbocycles. The average molecular weight is 464 g/mol. The summed E-state index contributed by atoms with van der Waals surface area (Å²) < 4.78 is 3.15. The van der Waals surface area contributed by atoms with Gasteiger partial charge in [0.05, 0.1) is 12.2 Å². The summed E-state index contributed by atoms with van der Waals surface area (Å²) in [4.78, 5) is 11.2. The standard InChI is InChI=1S/C14H18BrN5.HI/c1-10-7-11(15)8-20-9-12(18-13(10)20)3-4-16-14-17-5-6-19(14)2;/h7-9H,3-6H2,1-2H3,(H,16,17);1H. The third-order valence-corrected chi connectivity index (χ3v) is 3.91. The summed E-state index contributed by atoms with van der Waals surface area (Å²) in [5.41, 5.74) is 3.30. The van der Waals surface area contributed by atoms with Gasteiger partial charge in [0.1, 0.15) is 5.65 Å². The fourth-order valence-corrected chi connectivity index (χ4v) is 2.99. The first-order valence-electron chi connectivity index (χ1n) is 6.76. The molecule has 3 heterocycles. The Hall–Kier alpha value is -0.830. The van der Waals surface area contributed by atoms with Crippen LogP contribution in [-0.4, -0.2) is 46.9 Å². The molecule has 1 aliphatic rings. The highest BCUT2D eigenvalue weighted by Crippen LogP contribution is 2.17. The lowest BCUT2D eigenvalue weighted by atomic mass is 10.3. The molecule has 0 saturated carbocycles. The number of likely N-dealkylation sites (N-methyl/N-ethyl adjacent to an activating group) is 1. The van der Waals surface area contributed by atoms with Gasteiger partial charge < -0.3 is 14.6 Å². The normalized spacial score (nSPS) is 14.2. The van der Waals surface area contributed by atoms with Gasteiger partial charge >= 0.3 is 0 Å². The number of halogens is 2. The number of aryl methyl sites for hydroxylation is 1. The van der Waals surface area contributed by atoms with Gasteiger partial charge in [-0.2, -0.15) is 0 Å². The van der Waals surface area contributed by atoms with Crippen LogP contribution in [0, 0.1) is 6.92 Å². The molecule has 0 atom stereocenters. The van der Waals surface area contributed by atoms with Crippen LogP contribution in [-0.2, 0) is 6.42 Å². The van der Waals surface area contributed by atoms with E-state index in [1.54, 1.807) is 0 Å². The largest absolute Gasteiger partial charge is 0.356 e. The molecule has 21 heavy (non-hydrogen) atoms. The van der Waals surface area contributed by atoms with Crippen LogP contribution in [0.2, 0.25) is 0 Å². The van der Waals surface area contributed by atoms with Gasteiger partial charge in [0.15, 0.2) is 5.96 Å². The summed E-state index contributed by atoms with van der Waals surface area (Å²) in [6, 6.07) is 2.09. The third kappa shape index (κ3) is 3.68. The Labute approximate surface area is 150 Å². The molecule has 5 nitrogen and oxygen atoms in total. The zero-order valence-corrected chi connectivity index (χ0v) is 16.1. The van der Waals surface area contributed by atoms with Gasteiger partial charge in [-0.05, 0) is 34.5 Å². The highest BCUT2D eigenvalue weighted by molar-refractivity contribution is 14.0. The molecule has 114 valence electrons. The van der Waals surface area contributed by atoms with Crippen molar-refractivity contribution in [1.29, 1.82) is 0 Å². The Bertz CT molecular complexity index is 667. The van der Waals surface area contributed by atoms with Crippen LogP contribution in [0.15, 0.2) is 27.9 Å². The molecule has 1 N–H and O–H groups in total. The molecule has 0 aromatic carbocycles. The van der Waals surface area contributed by atoms with Gasteiger partial charge in [0.25, 0.3) is 0 Å². The predicted octanol–water partition coefficient (Wildman–Crippen LogP) is 2.46. The van der Waals surface area contributed by atoms with Gasteiger partial charge in [-0.15, -0.1) is 24.0 Å². The number of nitrogens with one attached hydrogen (secondary N) is 1. The lowest BCUT2D eigenvalue weighted by Crippen LogP contribution is -2.36. The van der Waals surface area contributed by atoms with E-state index in [1.807, 2.05) is 6.20 Å². The molecule has 0 amide bonds. The van der Waals surface area contributed by atoms with E-state index in [9.17, 15) is 0 Å². The Morgan fingerprint density at radius 3 is 2.90 bits per heavy atom. The maximum Gasteiger partial charge on any atom is 0.193 e. The maximum absolute atomic E-state index is 4.69. The number of imidazole rings is 1. The van der Waals surface area contributed by atoms with Crippen molar-refractivity contribution >= 4 is 51.5 Å². The van der Waals surface area contributed by atoms with Crippen molar-refractivity contribution in [2.45, 2.75) is 13.3 Å². The van der Waals surface area contributed by atoms with Crippen molar-refractivity contribution in [1.82, 2.24) is 19.6 Å². The minimum atomic E-state index is 0. The molecular formula is C14H19BrIN5. The highest BCUT2D eigenvalue weighted by Gasteiger charge is 2.11. The second-order valence-electron chi connectivity index (χ2n) is 5.11. The Kier molecular flexibility index (Phi) is 5.48. The molecule has 0 radical (unpaired) electrons. The molecule has 0 saturated heterocycles. The molecule has 0 unspecified atom stereocenters. The number of rotatable bonds is 3. The monoisotopic (exact) mass is 463 g/mol. The van der Waals surface area contributed by atoms with Crippen LogP contribution in [0.1, 0.15) is 11.3 Å². The van der Waals surface area contributed by atoms with Crippen molar-refractivity contribution in [2.75, 3.05) is 26.7 Å². The lowest BCUT2D eigenvalue weighted by Gasteiger charge is -2.14. The maximum atomic E-state index is 4.69. The summed E-state index contributed by atoms with van der Waals surface area (Å²) >= 11 is 3.51. The first-order chi connectivity index (χ1) is 9.63. The second kappa shape index (κ2) is 6.95. The zero-order valence-electron chi connectivity index (χ0n) is 12.1. The molecular weight excluding hydrogens is 445 g/mol. The number of fused-ring (bicyclic) bond motifs is 1. The molecule has 0 bridgehead atoms. The number of pyridine rings is 1. The predicted molar refractivity (Wildman–Crippen MR) is 99.7 cm³/mol. The molecule has 0 fully saturated rings. The highest BCUT2D eigenvalue weighted by atomic mass is 127. The number of hydrogen-bond donors (Lipinski definition) is 1. The molecule has 7 heteroatoms. The minimum Gasteiger partial charge on any atom is -0.356 e. The topological polar surface area (TPSA) is 44.9 Å². The van der Waals surface area contributed by atoms with Crippen LogP contribution in [0.4, 0.5) is 0 Å². The van der Waals surface area contributed by atoms with E-state index in [0.717, 1.165) is 47.8 Å². The number of guanidine groups is 1. The van der Waals surface area contributed by atoms with Gasteiger partial charge in [-0.25, -0.2) is 4.98 Å². The van der Waals surface area contributed by atoms with E-state index < -0.39 is 0 Å². The summed E-state index contributed by atoms with van der Waals surface area (Å²) in [5.74, 6) is 0.993. The summed E-state index contributed by atoms with van der Waals surface area (Å²) in [6.07, 6.45) is 5.03. The van der Waals surface area contributed by atoms with Gasteiger partial charge in [0.2, 0.25) is 0 Å². The number of nitrogens with zero attached hydrogens (tertiary/aromatic N) is 4. The van der Waals surface area contributed by atoms with Crippen LogP contribution in [0.3, 0.4) is 0 Å². The number of aliphatic imine (C=N–C) groups is 1. The van der Waals surface area contributed by atoms with E-state index in [0.29, 0.717) is 0 Å². The summed E-state index contributed by atoms with van der Waals surface area (Å²) in [5, 5.41) is 3.37. The summed E-state index contributed by atoms with van der Waals surface area (Å²) in [6.45, 7) is 4.83. The fourth-order valence-electron chi connectivity index (χ4n) is 2.42. The quantitative estimate of drug-likeness (QED) is 0.711. The first kappa shape index (κ1) is 16.5. The van der Waals surface area contributed by atoms with Crippen LogP contribution in [0.25, 0.3) is 5.65 Å². The van der Waals surface area contributed by atoms with E-state index in [2.05, 4.69) is 66.8 Å². The van der Waals surface area contributed by atoms with Crippen molar-refractivity contribution in [3.63, 3.8) is 0 Å². The summed E-state index contributed by atoms with van der Waals surface area (Å²) in [7, 11) is 2.06. The van der Waals surface area contributed by atoms with Gasteiger partial charge in [-0.1, -0.05) is 0 Å². The third-order valence-electron chi connectivity index (χ3n) is 3.47. The SMILES string of the molecule is Cc1cc(Br)cn2cc(CCNC3=NCCN3C)nc12.I. The van der Waals surface area contributed by atoms with E-state index >= 15 is 0 Å². The van der Waals surface area contributed by atoms with Crippen molar-refractivity contribution < 1.29 is 0 Å². The Morgan fingerprint density at radius 2 is 2.19 bits per heavy atom. The van der Waals surface area contributed by atoms with E-state index in [1.165, 1.54) is 5.56 Å². The fraction of sp³-hybridized carbons (Fsp3) is 0.429. The lowest BCUT2D eigenvalue weighted by molar-refractivity contribution is 0.534. The Balaban J connectivity index is 0.00000161. The van der Waals surface area contributed by atoms with E-state index in [-0.39, 0.29) is 24.0 Å². The molecule has 2 aromatic heterocycles. The molecule has 0 spiro atoms. The average Bonchev–Trinajstić information content (AvgIpc) is 2.96. The van der Waals surface area contributed by atoms with Gasteiger partial charge in [-0.3, -0.25) is 4.99 Å². The van der Waals surface area contributed by atoms with Crippen LogP contribution in [0.5, 0.6) is 0 Å². The molecule has 1 aliphatic heterocycles. The van der Waals surface area contributed by atoms with Crippen molar-refractivity contribution in [2.24, 2.45) is 4.99 Å². The molecule has 3 rings (SSSR count). The van der Waals surface area contributed by atoms with Gasteiger partial charge in [0, 0.05) is 43.4 Å². The molecule has 2 aromatic rings. The van der Waals surface area contributed by atoms with Crippen LogP contribution >= 0.6 is 39.9 Å². The van der Waals surface area contributed by atoms with Crippen molar-refractivity contribution in [3.05, 3.63) is 34.2 Å². The zero-order chi connectivity index (χ0) is 14.1. The van der Waals surface area contributed by atoms with Crippen LogP contribution < -0.4 is 5.32 Å². The second-order valence-corrected chi connectivity index (χ2v) is 6.02. The smallest absolute Gasteiger partial charge is 0.193 e. The number of hydrogen-bond acceptors (Lipinski definition) is 4. The first-order valence-corrected chi connectivity index (χ1v) is 7.56. The number of aromatic nitrogens is 2. The minimum absolute atomic E-state index is 0. The Morgan fingerprint density at radius 1 is 1.38 bits per heavy atom. The van der Waals surface area contributed by atoms with Crippen molar-refractivity contribution in [3.8, 4) is 0 Å².